The summed E-state index contributed by atoms with van der Waals surface area (Å²) in [7, 11) is 0. The van der Waals surface area contributed by atoms with Crippen molar-refractivity contribution in [3.05, 3.63) is 62.1 Å². The predicted octanol–water partition coefficient (Wildman–Crippen LogP) is 3.92. The molecule has 0 spiro atoms. The standard InChI is InChI=1S/C21H20N4O6S2/c1-12(31-19(27)10-16(22-13(2)26)18-7-4-8-32-18)20(28)24-21-23-17(11-33-21)14-5-3-6-15(9-14)25(29)30/h3-9,11-12,16H,10H2,1-2H3,(H,22,26)(H,23,24,28). The molecule has 33 heavy (non-hydrogen) atoms. The Bertz CT molecular complexity index is 1160. The first-order chi connectivity index (χ1) is 15.7. The van der Waals surface area contributed by atoms with Crippen LogP contribution in [0.3, 0.4) is 0 Å². The van der Waals surface area contributed by atoms with Gasteiger partial charge in [-0.1, -0.05) is 18.2 Å². The zero-order valence-corrected chi connectivity index (χ0v) is 19.3. The van der Waals surface area contributed by atoms with Gasteiger partial charge in [-0.25, -0.2) is 4.98 Å². The number of carbonyl (C=O) groups excluding carboxylic acids is 3. The molecule has 2 amide bonds. The highest BCUT2D eigenvalue weighted by atomic mass is 32.1. The topological polar surface area (TPSA) is 141 Å². The number of aromatic nitrogens is 1. The zero-order chi connectivity index (χ0) is 24.0. The number of nitro groups is 1. The highest BCUT2D eigenvalue weighted by Gasteiger charge is 2.24. The average Bonchev–Trinajstić information content (AvgIpc) is 3.45. The SMILES string of the molecule is CC(=O)NC(CC(=O)OC(C)C(=O)Nc1nc(-c2cccc([N+](=O)[O-])c2)cs1)c1cccs1. The van der Waals surface area contributed by atoms with Gasteiger partial charge in [0.2, 0.25) is 5.91 Å². The predicted molar refractivity (Wildman–Crippen MR) is 124 cm³/mol. The largest absolute Gasteiger partial charge is 0.452 e. The fourth-order valence-electron chi connectivity index (χ4n) is 2.87. The van der Waals surface area contributed by atoms with Crippen LogP contribution in [0, 0.1) is 10.1 Å². The summed E-state index contributed by atoms with van der Waals surface area (Å²) in [4.78, 5) is 51.8. The normalized spacial score (nSPS) is 12.4. The number of nitrogens with zero attached hydrogens (tertiary/aromatic N) is 2. The average molecular weight is 489 g/mol. The number of nitrogens with one attached hydrogen (secondary N) is 2. The van der Waals surface area contributed by atoms with E-state index in [9.17, 15) is 24.5 Å². The minimum atomic E-state index is -1.09. The molecule has 2 aromatic heterocycles. The lowest BCUT2D eigenvalue weighted by molar-refractivity contribution is -0.384. The molecular weight excluding hydrogens is 468 g/mol. The smallest absolute Gasteiger partial charge is 0.309 e. The van der Waals surface area contributed by atoms with Gasteiger partial charge in [-0.3, -0.25) is 29.8 Å². The van der Waals surface area contributed by atoms with Gasteiger partial charge in [-0.05, 0) is 18.4 Å². The molecule has 0 saturated heterocycles. The number of thiophene rings is 1. The van der Waals surface area contributed by atoms with Crippen molar-refractivity contribution in [1.82, 2.24) is 10.3 Å². The second-order valence-corrected chi connectivity index (χ2v) is 8.78. The van der Waals surface area contributed by atoms with Crippen LogP contribution in [0.4, 0.5) is 10.8 Å². The molecule has 0 radical (unpaired) electrons. The number of hydrogen-bond donors (Lipinski definition) is 2. The van der Waals surface area contributed by atoms with Crippen molar-refractivity contribution in [3.63, 3.8) is 0 Å². The number of esters is 1. The second-order valence-electron chi connectivity index (χ2n) is 6.94. The maximum atomic E-state index is 12.5. The van der Waals surface area contributed by atoms with E-state index in [4.69, 9.17) is 4.74 Å². The molecule has 12 heteroatoms. The summed E-state index contributed by atoms with van der Waals surface area (Å²) in [6.45, 7) is 2.79. The highest BCUT2D eigenvalue weighted by Crippen LogP contribution is 2.28. The van der Waals surface area contributed by atoms with Gasteiger partial charge in [0.25, 0.3) is 11.6 Å². The number of benzene rings is 1. The number of non-ortho nitro benzene ring substituents is 1. The third-order valence-electron chi connectivity index (χ3n) is 4.40. The van der Waals surface area contributed by atoms with Crippen molar-refractivity contribution >= 4 is 51.3 Å². The Balaban J connectivity index is 1.58. The van der Waals surface area contributed by atoms with Crippen LogP contribution in [0.25, 0.3) is 11.3 Å². The molecule has 1 aromatic carbocycles. The van der Waals surface area contributed by atoms with Crippen LogP contribution in [0.2, 0.25) is 0 Å². The minimum Gasteiger partial charge on any atom is -0.452 e. The summed E-state index contributed by atoms with van der Waals surface area (Å²) >= 11 is 2.54. The summed E-state index contributed by atoms with van der Waals surface area (Å²) in [6.07, 6.45) is -1.21. The number of thiazole rings is 1. The summed E-state index contributed by atoms with van der Waals surface area (Å²) in [5.41, 5.74) is 0.947. The lowest BCUT2D eigenvalue weighted by Crippen LogP contribution is -2.32. The van der Waals surface area contributed by atoms with Crippen LogP contribution < -0.4 is 10.6 Å². The molecular formula is C21H20N4O6S2. The van der Waals surface area contributed by atoms with E-state index >= 15 is 0 Å². The fourth-order valence-corrected chi connectivity index (χ4v) is 4.37. The van der Waals surface area contributed by atoms with Crippen molar-refractivity contribution in [3.8, 4) is 11.3 Å². The van der Waals surface area contributed by atoms with Crippen LogP contribution in [0.1, 0.15) is 31.2 Å². The molecule has 2 N–H and O–H groups in total. The Labute approximate surface area is 196 Å². The van der Waals surface area contributed by atoms with Crippen molar-refractivity contribution < 1.29 is 24.0 Å². The summed E-state index contributed by atoms with van der Waals surface area (Å²) in [6, 6.07) is 9.08. The van der Waals surface area contributed by atoms with Gasteiger partial charge in [-0.2, -0.15) is 0 Å². The molecule has 0 fully saturated rings. The summed E-state index contributed by atoms with van der Waals surface area (Å²) < 4.78 is 5.23. The fraction of sp³-hybridized carbons (Fsp3) is 0.238. The first-order valence-corrected chi connectivity index (χ1v) is 11.5. The van der Waals surface area contributed by atoms with Gasteiger partial charge in [0, 0.05) is 34.9 Å². The Hall–Kier alpha value is -3.64. The first-order valence-electron chi connectivity index (χ1n) is 9.74. The van der Waals surface area contributed by atoms with Crippen molar-refractivity contribution in [2.75, 3.05) is 5.32 Å². The Morgan fingerprint density at radius 3 is 2.67 bits per heavy atom. The van der Waals surface area contributed by atoms with Gasteiger partial charge in [-0.15, -0.1) is 22.7 Å². The maximum absolute atomic E-state index is 12.5. The van der Waals surface area contributed by atoms with Gasteiger partial charge >= 0.3 is 5.97 Å². The van der Waals surface area contributed by atoms with Crippen LogP contribution >= 0.6 is 22.7 Å². The van der Waals surface area contributed by atoms with Gasteiger partial charge in [0.05, 0.1) is 23.1 Å². The lowest BCUT2D eigenvalue weighted by Gasteiger charge is -2.17. The molecule has 2 unspecified atom stereocenters. The number of carbonyl (C=O) groups is 3. The molecule has 0 aliphatic rings. The zero-order valence-electron chi connectivity index (χ0n) is 17.6. The van der Waals surface area contributed by atoms with E-state index in [1.54, 1.807) is 23.6 Å². The van der Waals surface area contributed by atoms with Crippen LogP contribution in [0.5, 0.6) is 0 Å². The second kappa shape index (κ2) is 10.8. The summed E-state index contributed by atoms with van der Waals surface area (Å²) in [5, 5.41) is 20.0. The Kier molecular flexibility index (Phi) is 7.85. The monoisotopic (exact) mass is 488 g/mol. The molecule has 2 heterocycles. The number of hydrogen-bond acceptors (Lipinski definition) is 9. The lowest BCUT2D eigenvalue weighted by atomic mass is 10.1. The third-order valence-corrected chi connectivity index (χ3v) is 6.14. The molecule has 0 bridgehead atoms. The van der Waals surface area contributed by atoms with Crippen LogP contribution in [-0.4, -0.2) is 33.8 Å². The van der Waals surface area contributed by atoms with Crippen LogP contribution in [0.15, 0.2) is 47.2 Å². The first kappa shape index (κ1) is 24.0. The molecule has 3 aromatic rings. The molecule has 3 rings (SSSR count). The van der Waals surface area contributed by atoms with Crippen molar-refractivity contribution in [2.45, 2.75) is 32.4 Å². The maximum Gasteiger partial charge on any atom is 0.309 e. The Morgan fingerprint density at radius 1 is 1.21 bits per heavy atom. The third kappa shape index (κ3) is 6.67. The number of ether oxygens (including phenoxy) is 1. The van der Waals surface area contributed by atoms with E-state index in [-0.39, 0.29) is 23.1 Å². The van der Waals surface area contributed by atoms with E-state index in [1.807, 2.05) is 11.4 Å². The minimum absolute atomic E-state index is 0.0632. The van der Waals surface area contributed by atoms with Gasteiger partial charge in [0.1, 0.15) is 0 Å². The number of rotatable bonds is 9. The summed E-state index contributed by atoms with van der Waals surface area (Å²) in [5.74, 6) is -1.49. The molecule has 172 valence electrons. The van der Waals surface area contributed by atoms with Crippen LogP contribution in [-0.2, 0) is 19.1 Å². The molecule has 2 atom stereocenters. The van der Waals surface area contributed by atoms with E-state index < -0.39 is 28.9 Å². The molecule has 10 nitrogen and oxygen atoms in total. The number of amides is 2. The van der Waals surface area contributed by atoms with Gasteiger partial charge in [0.15, 0.2) is 11.2 Å². The van der Waals surface area contributed by atoms with Crippen molar-refractivity contribution in [1.29, 1.82) is 0 Å². The Morgan fingerprint density at radius 2 is 2.00 bits per heavy atom. The van der Waals surface area contributed by atoms with E-state index in [1.165, 1.54) is 37.3 Å². The highest BCUT2D eigenvalue weighted by molar-refractivity contribution is 7.14. The van der Waals surface area contributed by atoms with Crippen molar-refractivity contribution in [2.24, 2.45) is 0 Å². The van der Waals surface area contributed by atoms with Gasteiger partial charge < -0.3 is 10.1 Å². The van der Waals surface area contributed by atoms with E-state index in [2.05, 4.69) is 15.6 Å². The number of nitro benzene ring substituents is 1. The van der Waals surface area contributed by atoms with E-state index in [0.717, 1.165) is 16.2 Å². The van der Waals surface area contributed by atoms with E-state index in [0.29, 0.717) is 11.3 Å². The molecule has 0 aliphatic heterocycles. The number of anilines is 1. The molecule has 0 aliphatic carbocycles. The molecule has 0 saturated carbocycles. The quantitative estimate of drug-likeness (QED) is 0.264.